The summed E-state index contributed by atoms with van der Waals surface area (Å²) in [6, 6.07) is 10.4. The van der Waals surface area contributed by atoms with Crippen molar-refractivity contribution in [3.8, 4) is 59.2 Å². The van der Waals surface area contributed by atoms with Crippen molar-refractivity contribution in [1.29, 1.82) is 0 Å². The minimum absolute atomic E-state index is 0.114. The molecule has 1 saturated heterocycles. The molecule has 1 aliphatic heterocycles. The predicted octanol–water partition coefficient (Wildman–Crippen LogP) is 9.79. The molecule has 2 aliphatic rings. The zero-order valence-electron chi connectivity index (χ0n) is 29.5. The van der Waals surface area contributed by atoms with Crippen LogP contribution in [-0.4, -0.2) is 12.2 Å². The van der Waals surface area contributed by atoms with E-state index in [1.165, 1.54) is 6.42 Å². The molecule has 4 atom stereocenters. The van der Waals surface area contributed by atoms with Crippen molar-refractivity contribution < 1.29 is 9.47 Å². The summed E-state index contributed by atoms with van der Waals surface area (Å²) in [5, 5.41) is 0. The normalized spacial score (nSPS) is 20.2. The molecule has 4 rings (SSSR count). The van der Waals surface area contributed by atoms with Gasteiger partial charge in [-0.25, -0.2) is 0 Å². The van der Waals surface area contributed by atoms with E-state index in [2.05, 4.69) is 152 Å². The van der Waals surface area contributed by atoms with Crippen molar-refractivity contribution in [2.24, 2.45) is 16.7 Å². The Labute approximate surface area is 279 Å². The quantitative estimate of drug-likeness (QED) is 0.322. The molecule has 46 heavy (non-hydrogen) atoms. The second-order valence-electron chi connectivity index (χ2n) is 14.7. The van der Waals surface area contributed by atoms with Crippen LogP contribution in [-0.2, 0) is 9.47 Å². The first-order chi connectivity index (χ1) is 21.8. The summed E-state index contributed by atoms with van der Waals surface area (Å²) in [5.41, 5.74) is 5.93. The standard InChI is InChI=1S/C44H50O2/c1-10-12-14-16-33-27-34(17-15-13-11-2)29-35(28-33)19-20-36-30-38(23-25-44(7,8)9)39(31-37(36)22-24-43(4,5)6)42-45-40-21-18-32(3)26-41(40)46-42/h27-32,40-42H,10-13,18,21,26H2,1-9H3/t32?,40-,41+,42?/m1/s1. The number of hydrogen-bond donors (Lipinski definition) is 0. The van der Waals surface area contributed by atoms with Gasteiger partial charge in [-0.3, -0.25) is 0 Å². The highest BCUT2D eigenvalue weighted by Crippen LogP contribution is 2.41. The van der Waals surface area contributed by atoms with E-state index < -0.39 is 6.29 Å². The van der Waals surface area contributed by atoms with Gasteiger partial charge in [0, 0.05) is 62.6 Å². The van der Waals surface area contributed by atoms with E-state index in [1.54, 1.807) is 0 Å². The molecule has 2 heteroatoms. The first-order valence-corrected chi connectivity index (χ1v) is 17.0. The van der Waals surface area contributed by atoms with E-state index in [0.717, 1.165) is 77.5 Å². The largest absolute Gasteiger partial charge is 0.342 e. The average Bonchev–Trinajstić information content (AvgIpc) is 3.40. The first-order valence-electron chi connectivity index (χ1n) is 17.0. The molecular formula is C44H50O2. The Morgan fingerprint density at radius 2 is 1.13 bits per heavy atom. The maximum absolute atomic E-state index is 6.57. The molecule has 0 aromatic heterocycles. The van der Waals surface area contributed by atoms with E-state index in [-0.39, 0.29) is 23.0 Å². The second-order valence-corrected chi connectivity index (χ2v) is 14.7. The Hall–Kier alpha value is -3.84. The highest BCUT2D eigenvalue weighted by Gasteiger charge is 2.41. The highest BCUT2D eigenvalue weighted by molar-refractivity contribution is 5.60. The Kier molecular flexibility index (Phi) is 11.9. The third-order valence-electron chi connectivity index (χ3n) is 7.67. The fourth-order valence-electron chi connectivity index (χ4n) is 5.29. The smallest absolute Gasteiger partial charge is 0.185 e. The molecule has 1 aliphatic carbocycles. The van der Waals surface area contributed by atoms with Gasteiger partial charge < -0.3 is 9.47 Å². The number of unbranched alkanes of at least 4 members (excludes halogenated alkanes) is 2. The summed E-state index contributed by atoms with van der Waals surface area (Å²) in [5.74, 6) is 34.5. The van der Waals surface area contributed by atoms with Gasteiger partial charge in [0.15, 0.2) is 6.29 Å². The van der Waals surface area contributed by atoms with Crippen molar-refractivity contribution in [3.05, 3.63) is 69.3 Å². The summed E-state index contributed by atoms with van der Waals surface area (Å²) in [6.45, 7) is 19.3. The Morgan fingerprint density at radius 1 is 0.609 bits per heavy atom. The molecule has 238 valence electrons. The van der Waals surface area contributed by atoms with Crippen LogP contribution in [0.15, 0.2) is 30.3 Å². The van der Waals surface area contributed by atoms with E-state index in [1.807, 2.05) is 0 Å². The van der Waals surface area contributed by atoms with Gasteiger partial charge in [-0.05, 0) is 110 Å². The molecule has 2 aromatic carbocycles. The fourth-order valence-corrected chi connectivity index (χ4v) is 5.29. The zero-order valence-corrected chi connectivity index (χ0v) is 29.5. The number of hydrogen-bond acceptors (Lipinski definition) is 2. The highest BCUT2D eigenvalue weighted by atomic mass is 16.7. The van der Waals surface area contributed by atoms with Gasteiger partial charge in [0.05, 0.1) is 12.2 Å². The van der Waals surface area contributed by atoms with Gasteiger partial charge in [-0.15, -0.1) is 0 Å². The second kappa shape index (κ2) is 15.6. The van der Waals surface area contributed by atoms with Crippen LogP contribution in [0.1, 0.15) is 152 Å². The van der Waals surface area contributed by atoms with Crippen LogP contribution >= 0.6 is 0 Å². The number of ether oxygens (including phenoxy) is 2. The van der Waals surface area contributed by atoms with Crippen molar-refractivity contribution in [2.75, 3.05) is 0 Å². The predicted molar refractivity (Wildman–Crippen MR) is 191 cm³/mol. The van der Waals surface area contributed by atoms with Crippen molar-refractivity contribution in [3.63, 3.8) is 0 Å². The summed E-state index contributed by atoms with van der Waals surface area (Å²) in [4.78, 5) is 0. The van der Waals surface area contributed by atoms with Crippen LogP contribution in [0.5, 0.6) is 0 Å². The zero-order chi connectivity index (χ0) is 33.3. The lowest BCUT2D eigenvalue weighted by molar-refractivity contribution is -0.0685. The van der Waals surface area contributed by atoms with Gasteiger partial charge in [0.2, 0.25) is 0 Å². The Bertz CT molecular complexity index is 1680. The molecule has 1 saturated carbocycles. The molecule has 0 amide bonds. The summed E-state index contributed by atoms with van der Waals surface area (Å²) in [6.07, 6.45) is 6.77. The van der Waals surface area contributed by atoms with Crippen LogP contribution in [0.3, 0.4) is 0 Å². The molecule has 0 radical (unpaired) electrons. The van der Waals surface area contributed by atoms with Gasteiger partial charge in [0.1, 0.15) is 0 Å². The maximum atomic E-state index is 6.57. The van der Waals surface area contributed by atoms with Crippen LogP contribution in [0.25, 0.3) is 0 Å². The first kappa shape index (κ1) is 35.0. The lowest BCUT2D eigenvalue weighted by Crippen LogP contribution is -2.29. The van der Waals surface area contributed by atoms with Gasteiger partial charge in [0.25, 0.3) is 0 Å². The Balaban J connectivity index is 1.86. The third kappa shape index (κ3) is 10.6. The van der Waals surface area contributed by atoms with Crippen LogP contribution in [0.2, 0.25) is 0 Å². The van der Waals surface area contributed by atoms with Crippen LogP contribution < -0.4 is 0 Å². The van der Waals surface area contributed by atoms with Crippen molar-refractivity contribution in [2.45, 2.75) is 126 Å². The Morgan fingerprint density at radius 3 is 1.70 bits per heavy atom. The van der Waals surface area contributed by atoms with Crippen LogP contribution in [0.4, 0.5) is 0 Å². The topological polar surface area (TPSA) is 18.5 Å². The van der Waals surface area contributed by atoms with Crippen LogP contribution in [0, 0.1) is 76.0 Å². The molecule has 2 aromatic rings. The number of benzene rings is 2. The fraction of sp³-hybridized carbons (Fsp3) is 0.500. The number of rotatable bonds is 3. The van der Waals surface area contributed by atoms with Gasteiger partial charge >= 0.3 is 0 Å². The molecule has 0 spiro atoms. The molecule has 1 heterocycles. The lowest BCUT2D eigenvalue weighted by Gasteiger charge is -2.26. The van der Waals surface area contributed by atoms with Gasteiger partial charge in [-0.2, -0.15) is 0 Å². The van der Waals surface area contributed by atoms with Crippen molar-refractivity contribution >= 4 is 0 Å². The summed E-state index contributed by atoms with van der Waals surface area (Å²) >= 11 is 0. The summed E-state index contributed by atoms with van der Waals surface area (Å²) in [7, 11) is 0. The third-order valence-corrected chi connectivity index (χ3v) is 7.67. The van der Waals surface area contributed by atoms with Crippen molar-refractivity contribution in [1.82, 2.24) is 0 Å². The monoisotopic (exact) mass is 610 g/mol. The average molecular weight is 611 g/mol. The molecule has 2 nitrogen and oxygen atoms in total. The SMILES string of the molecule is CCCC#Cc1cc(C#CCCC)cc(C#Cc2cc(C#CC(C)(C)C)c(C3O[C@H]4CC(C)CC[C@H]4O3)cc2C#CC(C)(C)C)c1. The van der Waals surface area contributed by atoms with E-state index in [0.29, 0.717) is 5.92 Å². The van der Waals surface area contributed by atoms with E-state index in [9.17, 15) is 0 Å². The van der Waals surface area contributed by atoms with Gasteiger partial charge in [-0.1, -0.05) is 80.0 Å². The minimum Gasteiger partial charge on any atom is -0.342 e. The number of fused-ring (bicyclic) bond motifs is 1. The molecule has 2 unspecified atom stereocenters. The van der Waals surface area contributed by atoms with E-state index in [4.69, 9.17) is 9.47 Å². The minimum atomic E-state index is -0.468. The lowest BCUT2D eigenvalue weighted by atomic mass is 9.87. The van der Waals surface area contributed by atoms with E-state index >= 15 is 0 Å². The molecular weight excluding hydrogens is 560 g/mol. The summed E-state index contributed by atoms with van der Waals surface area (Å²) < 4.78 is 13.1. The maximum Gasteiger partial charge on any atom is 0.185 e. The molecule has 0 N–H and O–H groups in total. The molecule has 2 fully saturated rings. The molecule has 0 bridgehead atoms.